The molecule has 6 heteroatoms. The van der Waals surface area contributed by atoms with Crippen molar-refractivity contribution in [2.24, 2.45) is 0 Å². The van der Waals surface area contributed by atoms with Gasteiger partial charge in [-0.15, -0.1) is 0 Å². The molecule has 0 bridgehead atoms. The van der Waals surface area contributed by atoms with Gasteiger partial charge in [0.1, 0.15) is 0 Å². The van der Waals surface area contributed by atoms with Gasteiger partial charge in [0, 0.05) is 34.4 Å². The van der Waals surface area contributed by atoms with Crippen LogP contribution in [-0.4, -0.2) is 76.2 Å². The van der Waals surface area contributed by atoms with Gasteiger partial charge >= 0.3 is 6.03 Å². The molecule has 0 spiro atoms. The van der Waals surface area contributed by atoms with Crippen LogP contribution in [0.2, 0.25) is 0 Å². The van der Waals surface area contributed by atoms with Crippen LogP contribution >= 0.6 is 0 Å². The van der Waals surface area contributed by atoms with Crippen LogP contribution in [-0.2, 0) is 14.2 Å². The second-order valence-electron chi connectivity index (χ2n) is 3.66. The molecular weight excluding hydrogens is 212 g/mol. The Kier molecular flexibility index (Phi) is 5.51. The topological polar surface area (TPSA) is 51.2 Å². The predicted octanol–water partition coefficient (Wildman–Crippen LogP) is -0.0107. The Morgan fingerprint density at radius 3 is 2.44 bits per heavy atom. The first-order chi connectivity index (χ1) is 7.69. The van der Waals surface area contributed by atoms with Crippen LogP contribution in [0.4, 0.5) is 4.79 Å². The molecule has 0 N–H and O–H groups in total. The third-order valence-electron chi connectivity index (χ3n) is 2.56. The van der Waals surface area contributed by atoms with Crippen molar-refractivity contribution in [1.82, 2.24) is 9.80 Å². The minimum Gasteiger partial charge on any atom is -0.378 e. The highest BCUT2D eigenvalue weighted by molar-refractivity contribution is 5.74. The highest BCUT2D eigenvalue weighted by Crippen LogP contribution is 2.03. The van der Waals surface area contributed by atoms with Crippen LogP contribution < -0.4 is 0 Å². The molecule has 16 heavy (non-hydrogen) atoms. The van der Waals surface area contributed by atoms with Crippen molar-refractivity contribution in [1.29, 1.82) is 0 Å². The largest absolute Gasteiger partial charge is 0.378 e. The molecule has 6 nitrogen and oxygen atoms in total. The molecule has 0 saturated carbocycles. The Morgan fingerprint density at radius 2 is 1.94 bits per heavy atom. The molecule has 94 valence electrons. The second-order valence-corrected chi connectivity index (χ2v) is 3.66. The van der Waals surface area contributed by atoms with Crippen LogP contribution in [0.5, 0.6) is 0 Å². The van der Waals surface area contributed by atoms with E-state index in [1.54, 1.807) is 31.1 Å². The minimum atomic E-state index is -0.380. The fourth-order valence-corrected chi connectivity index (χ4v) is 1.54. The van der Waals surface area contributed by atoms with Gasteiger partial charge in [0.2, 0.25) is 0 Å². The lowest BCUT2D eigenvalue weighted by molar-refractivity contribution is -0.110. The van der Waals surface area contributed by atoms with Crippen molar-refractivity contribution in [2.45, 2.75) is 6.29 Å². The van der Waals surface area contributed by atoms with E-state index in [9.17, 15) is 4.79 Å². The highest BCUT2D eigenvalue weighted by Gasteiger charge is 2.22. The summed E-state index contributed by atoms with van der Waals surface area (Å²) in [5.41, 5.74) is 0. The number of ether oxygens (including phenoxy) is 3. The summed E-state index contributed by atoms with van der Waals surface area (Å²) in [4.78, 5) is 15.3. The monoisotopic (exact) mass is 232 g/mol. The molecule has 0 aromatic carbocycles. The van der Waals surface area contributed by atoms with Gasteiger partial charge in [-0.25, -0.2) is 4.79 Å². The number of carbonyl (C=O) groups is 1. The molecule has 0 unspecified atom stereocenters. The Labute approximate surface area is 96.0 Å². The van der Waals surface area contributed by atoms with Crippen molar-refractivity contribution >= 4 is 6.03 Å². The zero-order chi connectivity index (χ0) is 12.0. The first kappa shape index (κ1) is 13.2. The molecule has 2 amide bonds. The summed E-state index contributed by atoms with van der Waals surface area (Å²) >= 11 is 0. The lowest BCUT2D eigenvalue weighted by atomic mass is 10.4. The molecule has 1 heterocycles. The Hall–Kier alpha value is -0.850. The van der Waals surface area contributed by atoms with Crippen LogP contribution in [0.15, 0.2) is 0 Å². The Balaban J connectivity index is 2.39. The summed E-state index contributed by atoms with van der Waals surface area (Å²) in [7, 11) is 4.85. The number of morpholine rings is 1. The van der Waals surface area contributed by atoms with E-state index in [0.29, 0.717) is 32.8 Å². The van der Waals surface area contributed by atoms with Crippen molar-refractivity contribution in [2.75, 3.05) is 54.1 Å². The third kappa shape index (κ3) is 3.62. The summed E-state index contributed by atoms with van der Waals surface area (Å²) in [5, 5.41) is 0. The third-order valence-corrected chi connectivity index (χ3v) is 2.56. The van der Waals surface area contributed by atoms with Crippen LogP contribution in [0.3, 0.4) is 0 Å². The van der Waals surface area contributed by atoms with E-state index in [2.05, 4.69) is 0 Å². The summed E-state index contributed by atoms with van der Waals surface area (Å²) in [6, 6.07) is -0.0117. The number of nitrogens with zero attached hydrogens (tertiary/aromatic N) is 2. The predicted molar refractivity (Wildman–Crippen MR) is 58.2 cm³/mol. The molecule has 1 rings (SSSR count). The number of carbonyl (C=O) groups excluding carboxylic acids is 1. The maximum absolute atomic E-state index is 12.0. The van der Waals surface area contributed by atoms with Gasteiger partial charge in [0.25, 0.3) is 0 Å². The molecule has 1 aliphatic heterocycles. The molecule has 1 fully saturated rings. The smallest absolute Gasteiger partial charge is 0.320 e. The zero-order valence-corrected chi connectivity index (χ0v) is 10.1. The molecule has 1 saturated heterocycles. The molecule has 0 atom stereocenters. The molecule has 1 aliphatic rings. The van der Waals surface area contributed by atoms with E-state index < -0.39 is 0 Å². The first-order valence-electron chi connectivity index (χ1n) is 5.32. The molecule has 0 aromatic rings. The molecule has 0 aliphatic carbocycles. The van der Waals surface area contributed by atoms with E-state index in [4.69, 9.17) is 14.2 Å². The van der Waals surface area contributed by atoms with Gasteiger partial charge in [-0.3, -0.25) is 0 Å². The van der Waals surface area contributed by atoms with Crippen LogP contribution in [0, 0.1) is 0 Å². The average molecular weight is 232 g/mol. The maximum atomic E-state index is 12.0. The number of amides is 2. The van der Waals surface area contributed by atoms with Gasteiger partial charge < -0.3 is 24.0 Å². The van der Waals surface area contributed by atoms with Gasteiger partial charge in [-0.1, -0.05) is 0 Å². The SMILES string of the molecule is COC(CN(C)C(=O)N1CCOCC1)OC. The summed E-state index contributed by atoms with van der Waals surface area (Å²) in [6.45, 7) is 2.93. The number of likely N-dealkylation sites (N-methyl/N-ethyl adjacent to an activating group) is 1. The number of hydrogen-bond acceptors (Lipinski definition) is 4. The minimum absolute atomic E-state index is 0.0117. The van der Waals surface area contributed by atoms with Gasteiger partial charge in [-0.2, -0.15) is 0 Å². The Morgan fingerprint density at radius 1 is 1.38 bits per heavy atom. The lowest BCUT2D eigenvalue weighted by Gasteiger charge is -2.32. The molecule has 0 radical (unpaired) electrons. The summed E-state index contributed by atoms with van der Waals surface area (Å²) in [6.07, 6.45) is -0.380. The standard InChI is InChI=1S/C10H20N2O4/c1-11(8-9(14-2)15-3)10(13)12-4-6-16-7-5-12/h9H,4-8H2,1-3H3. The first-order valence-corrected chi connectivity index (χ1v) is 5.32. The quantitative estimate of drug-likeness (QED) is 0.640. The lowest BCUT2D eigenvalue weighted by Crippen LogP contribution is -2.48. The number of rotatable bonds is 4. The molecular formula is C10H20N2O4. The van der Waals surface area contributed by atoms with Gasteiger partial charge in [-0.05, 0) is 0 Å². The fraction of sp³-hybridized carbons (Fsp3) is 0.900. The second kappa shape index (κ2) is 6.67. The summed E-state index contributed by atoms with van der Waals surface area (Å²) < 4.78 is 15.3. The van der Waals surface area contributed by atoms with Crippen LogP contribution in [0.1, 0.15) is 0 Å². The Bertz CT molecular complexity index is 215. The van der Waals surface area contributed by atoms with Crippen molar-refractivity contribution in [3.8, 4) is 0 Å². The van der Waals surface area contributed by atoms with Gasteiger partial charge in [0.15, 0.2) is 6.29 Å². The zero-order valence-electron chi connectivity index (χ0n) is 10.1. The normalized spacial score (nSPS) is 16.6. The van der Waals surface area contributed by atoms with Crippen molar-refractivity contribution in [3.63, 3.8) is 0 Å². The van der Waals surface area contributed by atoms with Crippen molar-refractivity contribution < 1.29 is 19.0 Å². The van der Waals surface area contributed by atoms with E-state index in [1.807, 2.05) is 0 Å². The number of hydrogen-bond donors (Lipinski definition) is 0. The van der Waals surface area contributed by atoms with Crippen LogP contribution in [0.25, 0.3) is 0 Å². The van der Waals surface area contributed by atoms with E-state index in [-0.39, 0.29) is 12.3 Å². The number of methoxy groups -OCH3 is 2. The highest BCUT2D eigenvalue weighted by atomic mass is 16.7. The van der Waals surface area contributed by atoms with Crippen molar-refractivity contribution in [3.05, 3.63) is 0 Å². The maximum Gasteiger partial charge on any atom is 0.320 e. The number of urea groups is 1. The molecule has 0 aromatic heterocycles. The van der Waals surface area contributed by atoms with E-state index in [1.165, 1.54) is 0 Å². The van der Waals surface area contributed by atoms with E-state index >= 15 is 0 Å². The fourth-order valence-electron chi connectivity index (χ4n) is 1.54. The van der Waals surface area contributed by atoms with Gasteiger partial charge in [0.05, 0.1) is 19.8 Å². The van der Waals surface area contributed by atoms with E-state index in [0.717, 1.165) is 0 Å². The average Bonchev–Trinajstić information content (AvgIpc) is 2.35. The summed E-state index contributed by atoms with van der Waals surface area (Å²) in [5.74, 6) is 0.